The number of hydrogen-bond donors (Lipinski definition) is 0. The van der Waals surface area contributed by atoms with Gasteiger partial charge in [0.25, 0.3) is 0 Å². The molecule has 4 heteroatoms. The second kappa shape index (κ2) is 10.00. The first-order valence-corrected chi connectivity index (χ1v) is 13.6. The van der Waals surface area contributed by atoms with Gasteiger partial charge in [-0.05, 0) is 55.6 Å². The molecule has 0 N–H and O–H groups in total. The third-order valence-electron chi connectivity index (χ3n) is 5.47. The van der Waals surface area contributed by atoms with Crippen LogP contribution < -0.4 is 15.9 Å². The van der Waals surface area contributed by atoms with Crippen LogP contribution in [0.4, 0.5) is 0 Å². The second-order valence-corrected chi connectivity index (χ2v) is 14.7. The van der Waals surface area contributed by atoms with Crippen LogP contribution in [-0.4, -0.2) is 20.3 Å². The summed E-state index contributed by atoms with van der Waals surface area (Å²) in [7, 11) is 0.142. The lowest BCUT2D eigenvalue weighted by molar-refractivity contribution is 0.207. The maximum atomic E-state index is 13.5. The lowest BCUT2D eigenvalue weighted by Crippen LogP contribution is -2.43. The zero-order valence-corrected chi connectivity index (χ0v) is 22.1. The summed E-state index contributed by atoms with van der Waals surface area (Å²) in [6, 6.07) is 30.4. The van der Waals surface area contributed by atoms with Crippen molar-refractivity contribution >= 4 is 34.8 Å². The SMILES string of the molecule is CN(C(c1ccccc1P(c1ccccc1)c1ccccc1)C(C)(C)C)S(=O)C(C)(C)C. The first-order valence-electron chi connectivity index (χ1n) is 11.2. The molecule has 2 nitrogen and oxygen atoms in total. The molecule has 3 aromatic rings. The van der Waals surface area contributed by atoms with Crippen molar-refractivity contribution in [2.24, 2.45) is 5.41 Å². The van der Waals surface area contributed by atoms with Gasteiger partial charge in [0.2, 0.25) is 0 Å². The molecular formula is C28H36NOPS. The van der Waals surface area contributed by atoms with Gasteiger partial charge in [-0.3, -0.25) is 0 Å². The van der Waals surface area contributed by atoms with Crippen LogP contribution in [0.1, 0.15) is 53.1 Å². The van der Waals surface area contributed by atoms with E-state index in [2.05, 4.69) is 110 Å². The van der Waals surface area contributed by atoms with Crippen molar-refractivity contribution in [3.8, 4) is 0 Å². The molecule has 0 radical (unpaired) electrons. The number of hydrogen-bond acceptors (Lipinski definition) is 1. The van der Waals surface area contributed by atoms with E-state index in [4.69, 9.17) is 0 Å². The number of rotatable bonds is 6. The molecule has 0 bridgehead atoms. The van der Waals surface area contributed by atoms with Crippen molar-refractivity contribution in [2.45, 2.75) is 52.3 Å². The van der Waals surface area contributed by atoms with E-state index in [-0.39, 0.29) is 16.2 Å². The van der Waals surface area contributed by atoms with E-state index >= 15 is 0 Å². The molecule has 3 rings (SSSR count). The van der Waals surface area contributed by atoms with Gasteiger partial charge in [0, 0.05) is 7.05 Å². The highest BCUT2D eigenvalue weighted by Crippen LogP contribution is 2.43. The third kappa shape index (κ3) is 5.57. The summed E-state index contributed by atoms with van der Waals surface area (Å²) < 4.78 is 15.3. The normalized spacial score (nSPS) is 14.5. The molecule has 0 aliphatic heterocycles. The molecule has 170 valence electrons. The summed E-state index contributed by atoms with van der Waals surface area (Å²) in [5, 5.41) is 3.99. The summed E-state index contributed by atoms with van der Waals surface area (Å²) in [6.45, 7) is 12.9. The van der Waals surface area contributed by atoms with Crippen LogP contribution >= 0.6 is 7.92 Å². The Morgan fingerprint density at radius 1 is 0.719 bits per heavy atom. The Kier molecular flexibility index (Phi) is 7.76. The molecule has 0 saturated carbocycles. The Morgan fingerprint density at radius 2 is 1.16 bits per heavy atom. The van der Waals surface area contributed by atoms with Crippen LogP contribution in [0.15, 0.2) is 84.9 Å². The van der Waals surface area contributed by atoms with Gasteiger partial charge in [0.1, 0.15) is 11.0 Å². The van der Waals surface area contributed by atoms with Gasteiger partial charge >= 0.3 is 0 Å². The lowest BCUT2D eigenvalue weighted by Gasteiger charge is -2.41. The van der Waals surface area contributed by atoms with Crippen LogP contribution in [0.25, 0.3) is 0 Å². The Labute approximate surface area is 198 Å². The minimum absolute atomic E-state index is 0.0104. The molecule has 0 aliphatic carbocycles. The minimum atomic E-state index is -1.13. The second-order valence-electron chi connectivity index (χ2n) is 10.2. The molecular weight excluding hydrogens is 429 g/mol. The third-order valence-corrected chi connectivity index (χ3v) is 9.77. The Morgan fingerprint density at radius 3 is 1.59 bits per heavy atom. The van der Waals surface area contributed by atoms with E-state index in [1.54, 1.807) is 0 Å². The maximum absolute atomic E-state index is 13.5. The van der Waals surface area contributed by atoms with Crippen LogP contribution in [0.2, 0.25) is 0 Å². The Bertz CT molecular complexity index is 999. The summed E-state index contributed by atoms with van der Waals surface area (Å²) >= 11 is 0. The predicted octanol–water partition coefficient (Wildman–Crippen LogP) is 5.93. The van der Waals surface area contributed by atoms with E-state index in [1.165, 1.54) is 21.5 Å². The first-order chi connectivity index (χ1) is 15.0. The van der Waals surface area contributed by atoms with Gasteiger partial charge in [-0.15, -0.1) is 0 Å². The minimum Gasteiger partial charge on any atom is -0.242 e. The maximum Gasteiger partial charge on any atom is 0.100 e. The van der Waals surface area contributed by atoms with Gasteiger partial charge in [-0.25, -0.2) is 8.51 Å². The monoisotopic (exact) mass is 465 g/mol. The first kappa shape index (κ1) is 24.8. The van der Waals surface area contributed by atoms with Gasteiger partial charge in [-0.1, -0.05) is 106 Å². The molecule has 0 heterocycles. The van der Waals surface area contributed by atoms with Crippen LogP contribution in [0, 0.1) is 5.41 Å². The van der Waals surface area contributed by atoms with E-state index in [0.717, 1.165) is 0 Å². The molecule has 3 aromatic carbocycles. The fourth-order valence-corrected chi connectivity index (χ4v) is 8.21. The fraction of sp³-hybridized carbons (Fsp3) is 0.357. The highest BCUT2D eigenvalue weighted by Gasteiger charge is 2.38. The molecule has 2 atom stereocenters. The average Bonchev–Trinajstić information content (AvgIpc) is 2.74. The Balaban J connectivity index is 2.23. The summed E-state index contributed by atoms with van der Waals surface area (Å²) in [5.41, 5.74) is 1.17. The molecule has 0 spiro atoms. The molecule has 0 amide bonds. The van der Waals surface area contributed by atoms with Crippen molar-refractivity contribution in [2.75, 3.05) is 7.05 Å². The topological polar surface area (TPSA) is 20.3 Å². The van der Waals surface area contributed by atoms with Gasteiger partial charge in [0.15, 0.2) is 0 Å². The zero-order chi connectivity index (χ0) is 23.5. The number of nitrogens with zero attached hydrogens (tertiary/aromatic N) is 1. The van der Waals surface area contributed by atoms with E-state index < -0.39 is 18.9 Å². The molecule has 0 aliphatic rings. The van der Waals surface area contributed by atoms with Crippen molar-refractivity contribution < 1.29 is 4.21 Å². The quantitative estimate of drug-likeness (QED) is 0.414. The van der Waals surface area contributed by atoms with Crippen molar-refractivity contribution in [3.63, 3.8) is 0 Å². The fourth-order valence-electron chi connectivity index (χ4n) is 4.24. The molecule has 32 heavy (non-hydrogen) atoms. The van der Waals surface area contributed by atoms with Gasteiger partial charge < -0.3 is 0 Å². The largest absolute Gasteiger partial charge is 0.242 e. The van der Waals surface area contributed by atoms with Crippen LogP contribution in [0.5, 0.6) is 0 Å². The Hall–Kier alpha value is -1.80. The van der Waals surface area contributed by atoms with E-state index in [0.29, 0.717) is 0 Å². The molecule has 0 saturated heterocycles. The molecule has 2 unspecified atom stereocenters. The van der Waals surface area contributed by atoms with Crippen molar-refractivity contribution in [1.29, 1.82) is 0 Å². The van der Waals surface area contributed by atoms with E-state index in [9.17, 15) is 4.21 Å². The molecule has 0 aromatic heterocycles. The summed E-state index contributed by atoms with van der Waals surface area (Å²) in [5.74, 6) is 0. The van der Waals surface area contributed by atoms with Gasteiger partial charge in [0.05, 0.1) is 10.8 Å². The highest BCUT2D eigenvalue weighted by atomic mass is 32.2. The molecule has 0 fully saturated rings. The zero-order valence-electron chi connectivity index (χ0n) is 20.4. The summed E-state index contributed by atoms with van der Waals surface area (Å²) in [6.07, 6.45) is 0. The standard InChI is InChI=1S/C28H36NOPS/c1-27(2,3)26(29(7)32(30)28(4,5)6)24-20-14-15-21-25(24)31(22-16-10-8-11-17-22)23-18-12-9-13-19-23/h8-21,26H,1-7H3. The van der Waals surface area contributed by atoms with Crippen molar-refractivity contribution in [1.82, 2.24) is 4.31 Å². The van der Waals surface area contributed by atoms with E-state index in [1.807, 2.05) is 27.8 Å². The van der Waals surface area contributed by atoms with Crippen molar-refractivity contribution in [3.05, 3.63) is 90.5 Å². The van der Waals surface area contributed by atoms with Gasteiger partial charge in [-0.2, -0.15) is 0 Å². The summed E-state index contributed by atoms with van der Waals surface area (Å²) in [4.78, 5) is 0. The lowest BCUT2D eigenvalue weighted by atomic mass is 9.82. The van der Waals surface area contributed by atoms with Crippen LogP contribution in [-0.2, 0) is 11.0 Å². The highest BCUT2D eigenvalue weighted by molar-refractivity contribution is 7.84. The number of benzene rings is 3. The predicted molar refractivity (Wildman–Crippen MR) is 143 cm³/mol. The smallest absolute Gasteiger partial charge is 0.100 e. The average molecular weight is 466 g/mol. The van der Waals surface area contributed by atoms with Crippen LogP contribution in [0.3, 0.4) is 0 Å².